The Balaban J connectivity index is 1.91. The molecule has 4 nitrogen and oxygen atoms in total. The first-order valence-corrected chi connectivity index (χ1v) is 7.54. The van der Waals surface area contributed by atoms with Gasteiger partial charge < -0.3 is 10.2 Å². The lowest BCUT2D eigenvalue weighted by Gasteiger charge is -2.36. The third kappa shape index (κ3) is 4.23. The van der Waals surface area contributed by atoms with Gasteiger partial charge in [-0.1, -0.05) is 19.4 Å². The zero-order valence-corrected chi connectivity index (χ0v) is 12.6. The summed E-state index contributed by atoms with van der Waals surface area (Å²) in [6.07, 6.45) is 2.55. The number of carbonyl (C=O) groups excluding carboxylic acids is 1. The lowest BCUT2D eigenvalue weighted by Crippen LogP contribution is -2.46. The molecule has 2 rings (SSSR count). The van der Waals surface area contributed by atoms with Gasteiger partial charge in [-0.2, -0.15) is 0 Å². The number of piperazine rings is 1. The molecule has 0 aliphatic carbocycles. The first-order valence-electron chi connectivity index (χ1n) is 7.54. The van der Waals surface area contributed by atoms with Crippen LogP contribution >= 0.6 is 0 Å². The molecule has 0 spiro atoms. The van der Waals surface area contributed by atoms with Crippen molar-refractivity contribution < 1.29 is 4.79 Å². The molecule has 1 aliphatic heterocycles. The summed E-state index contributed by atoms with van der Waals surface area (Å²) >= 11 is 0. The second-order valence-corrected chi connectivity index (χ2v) is 5.41. The number of unbranched alkanes of at least 4 members (excludes halogenated alkanes) is 1. The number of nitrogens with one attached hydrogen (secondary N) is 1. The fourth-order valence-corrected chi connectivity index (χ4v) is 2.60. The third-order valence-corrected chi connectivity index (χ3v) is 3.73. The number of nitrogens with zero attached hydrogens (tertiary/aromatic N) is 2. The summed E-state index contributed by atoms with van der Waals surface area (Å²) in [7, 11) is 0. The highest BCUT2D eigenvalue weighted by Gasteiger charge is 2.16. The standard InChI is InChI=1S/C16H25N3O/c1-3-4-8-18-9-11-19(12-10-18)16-7-5-6-15(13-16)17-14(2)20/h5-7,13H,3-4,8-12H2,1-2H3,(H,17,20). The fourth-order valence-electron chi connectivity index (χ4n) is 2.60. The molecule has 0 bridgehead atoms. The lowest BCUT2D eigenvalue weighted by molar-refractivity contribution is -0.114. The molecule has 0 aromatic heterocycles. The molecule has 1 amide bonds. The zero-order valence-electron chi connectivity index (χ0n) is 12.6. The molecule has 1 aromatic carbocycles. The van der Waals surface area contributed by atoms with Crippen molar-refractivity contribution in [1.82, 2.24) is 4.90 Å². The molecule has 1 fully saturated rings. The number of anilines is 2. The predicted molar refractivity (Wildman–Crippen MR) is 84.3 cm³/mol. The third-order valence-electron chi connectivity index (χ3n) is 3.73. The molecule has 0 atom stereocenters. The van der Waals surface area contributed by atoms with Gasteiger partial charge in [0.2, 0.25) is 5.91 Å². The Kier molecular flexibility index (Phi) is 5.41. The Morgan fingerprint density at radius 2 is 2.00 bits per heavy atom. The van der Waals surface area contributed by atoms with E-state index in [0.29, 0.717) is 0 Å². The minimum atomic E-state index is -0.0217. The van der Waals surface area contributed by atoms with Gasteiger partial charge in [-0.3, -0.25) is 9.69 Å². The summed E-state index contributed by atoms with van der Waals surface area (Å²) in [4.78, 5) is 16.0. The Morgan fingerprint density at radius 3 is 2.65 bits per heavy atom. The summed E-state index contributed by atoms with van der Waals surface area (Å²) in [5, 5.41) is 2.84. The number of carbonyl (C=O) groups is 1. The van der Waals surface area contributed by atoms with Crippen LogP contribution in [0.2, 0.25) is 0 Å². The number of rotatable bonds is 5. The van der Waals surface area contributed by atoms with Gasteiger partial charge in [0.05, 0.1) is 0 Å². The molecule has 0 unspecified atom stereocenters. The van der Waals surface area contributed by atoms with E-state index in [4.69, 9.17) is 0 Å². The molecule has 1 aromatic rings. The second-order valence-electron chi connectivity index (χ2n) is 5.41. The quantitative estimate of drug-likeness (QED) is 0.897. The Morgan fingerprint density at radius 1 is 1.25 bits per heavy atom. The highest BCUT2D eigenvalue weighted by atomic mass is 16.1. The van der Waals surface area contributed by atoms with E-state index in [-0.39, 0.29) is 5.91 Å². The summed E-state index contributed by atoms with van der Waals surface area (Å²) in [6, 6.07) is 8.11. The van der Waals surface area contributed by atoms with Crippen molar-refractivity contribution in [2.24, 2.45) is 0 Å². The molecule has 1 saturated heterocycles. The number of benzene rings is 1. The summed E-state index contributed by atoms with van der Waals surface area (Å²) in [6.45, 7) is 9.38. The van der Waals surface area contributed by atoms with E-state index in [0.717, 1.165) is 31.9 Å². The summed E-state index contributed by atoms with van der Waals surface area (Å²) in [5.74, 6) is -0.0217. The van der Waals surface area contributed by atoms with Crippen molar-refractivity contribution in [3.05, 3.63) is 24.3 Å². The van der Waals surface area contributed by atoms with Crippen molar-refractivity contribution in [2.75, 3.05) is 42.9 Å². The van der Waals surface area contributed by atoms with Crippen LogP contribution in [0.5, 0.6) is 0 Å². The van der Waals surface area contributed by atoms with E-state index in [1.165, 1.54) is 25.1 Å². The highest BCUT2D eigenvalue weighted by molar-refractivity contribution is 5.89. The van der Waals surface area contributed by atoms with Gasteiger partial charge in [-0.15, -0.1) is 0 Å². The maximum absolute atomic E-state index is 11.1. The van der Waals surface area contributed by atoms with Crippen LogP contribution < -0.4 is 10.2 Å². The van der Waals surface area contributed by atoms with E-state index in [2.05, 4.69) is 34.2 Å². The topological polar surface area (TPSA) is 35.6 Å². The van der Waals surface area contributed by atoms with E-state index in [1.54, 1.807) is 6.92 Å². The van der Waals surface area contributed by atoms with Crippen molar-refractivity contribution >= 4 is 17.3 Å². The molecule has 0 saturated carbocycles. The maximum Gasteiger partial charge on any atom is 0.221 e. The van der Waals surface area contributed by atoms with Gasteiger partial charge in [0, 0.05) is 44.5 Å². The Bertz CT molecular complexity index is 439. The van der Waals surface area contributed by atoms with Gasteiger partial charge >= 0.3 is 0 Å². The van der Waals surface area contributed by atoms with Crippen molar-refractivity contribution in [3.8, 4) is 0 Å². The van der Waals surface area contributed by atoms with E-state index in [9.17, 15) is 4.79 Å². The molecule has 1 N–H and O–H groups in total. The zero-order chi connectivity index (χ0) is 14.4. The lowest BCUT2D eigenvalue weighted by atomic mass is 10.2. The largest absolute Gasteiger partial charge is 0.369 e. The molecular formula is C16H25N3O. The average molecular weight is 275 g/mol. The number of hydrogen-bond donors (Lipinski definition) is 1. The van der Waals surface area contributed by atoms with Crippen LogP contribution in [-0.4, -0.2) is 43.5 Å². The molecule has 4 heteroatoms. The maximum atomic E-state index is 11.1. The van der Waals surface area contributed by atoms with Crippen molar-refractivity contribution in [1.29, 1.82) is 0 Å². The first-order chi connectivity index (χ1) is 9.69. The average Bonchev–Trinajstić information content (AvgIpc) is 2.45. The van der Waals surface area contributed by atoms with E-state index < -0.39 is 0 Å². The molecule has 1 aliphatic rings. The Hall–Kier alpha value is -1.55. The van der Waals surface area contributed by atoms with Crippen molar-refractivity contribution in [2.45, 2.75) is 26.7 Å². The Labute approximate surface area is 121 Å². The fraction of sp³-hybridized carbons (Fsp3) is 0.562. The van der Waals surface area contributed by atoms with Gasteiger partial charge in [0.25, 0.3) is 0 Å². The van der Waals surface area contributed by atoms with Crippen LogP contribution in [0.15, 0.2) is 24.3 Å². The minimum Gasteiger partial charge on any atom is -0.369 e. The van der Waals surface area contributed by atoms with Crippen LogP contribution in [0.25, 0.3) is 0 Å². The monoisotopic (exact) mass is 275 g/mol. The van der Waals surface area contributed by atoms with Gasteiger partial charge in [-0.25, -0.2) is 0 Å². The number of hydrogen-bond acceptors (Lipinski definition) is 3. The molecule has 110 valence electrons. The predicted octanol–water partition coefficient (Wildman–Crippen LogP) is 2.57. The van der Waals surface area contributed by atoms with E-state index in [1.807, 2.05) is 12.1 Å². The molecule has 0 radical (unpaired) electrons. The van der Waals surface area contributed by atoms with Crippen LogP contribution in [0.1, 0.15) is 26.7 Å². The minimum absolute atomic E-state index is 0.0217. The van der Waals surface area contributed by atoms with E-state index >= 15 is 0 Å². The van der Waals surface area contributed by atoms with Gasteiger partial charge in [0.1, 0.15) is 0 Å². The SMILES string of the molecule is CCCCN1CCN(c2cccc(NC(C)=O)c2)CC1. The second kappa shape index (κ2) is 7.29. The van der Waals surface area contributed by atoms with Crippen LogP contribution in [0, 0.1) is 0 Å². The van der Waals surface area contributed by atoms with Gasteiger partial charge in [-0.05, 0) is 31.2 Å². The summed E-state index contributed by atoms with van der Waals surface area (Å²) in [5.41, 5.74) is 2.08. The normalized spacial score (nSPS) is 16.2. The number of amides is 1. The molecule has 1 heterocycles. The van der Waals surface area contributed by atoms with Gasteiger partial charge in [0.15, 0.2) is 0 Å². The van der Waals surface area contributed by atoms with Crippen LogP contribution in [-0.2, 0) is 4.79 Å². The first kappa shape index (κ1) is 14.9. The molecule has 20 heavy (non-hydrogen) atoms. The van der Waals surface area contributed by atoms with Crippen LogP contribution in [0.3, 0.4) is 0 Å². The molecular weight excluding hydrogens is 250 g/mol. The van der Waals surface area contributed by atoms with Crippen LogP contribution in [0.4, 0.5) is 11.4 Å². The highest BCUT2D eigenvalue weighted by Crippen LogP contribution is 2.21. The smallest absolute Gasteiger partial charge is 0.221 e. The van der Waals surface area contributed by atoms with Crippen molar-refractivity contribution in [3.63, 3.8) is 0 Å². The summed E-state index contributed by atoms with van der Waals surface area (Å²) < 4.78 is 0.